The normalized spacial score (nSPS) is 10.5. The van der Waals surface area contributed by atoms with Crippen molar-refractivity contribution in [1.82, 2.24) is 5.32 Å². The van der Waals surface area contributed by atoms with E-state index in [0.29, 0.717) is 5.88 Å². The monoisotopic (exact) mass is 241 g/mol. The SMILES string of the molecule is COc1c(C)cc(C)cc1CNCCCCl. The van der Waals surface area contributed by atoms with Crippen LogP contribution in [0.4, 0.5) is 0 Å². The largest absolute Gasteiger partial charge is 0.496 e. The van der Waals surface area contributed by atoms with Gasteiger partial charge in [-0.05, 0) is 32.4 Å². The average Bonchev–Trinajstić information content (AvgIpc) is 2.24. The zero-order chi connectivity index (χ0) is 12.0. The fourth-order valence-electron chi connectivity index (χ4n) is 1.88. The maximum Gasteiger partial charge on any atom is 0.126 e. The molecule has 0 unspecified atom stereocenters. The van der Waals surface area contributed by atoms with Gasteiger partial charge in [0.1, 0.15) is 5.75 Å². The van der Waals surface area contributed by atoms with E-state index in [1.165, 1.54) is 16.7 Å². The number of alkyl halides is 1. The average molecular weight is 242 g/mol. The van der Waals surface area contributed by atoms with Gasteiger partial charge in [-0.15, -0.1) is 11.6 Å². The van der Waals surface area contributed by atoms with Gasteiger partial charge in [0, 0.05) is 18.0 Å². The Labute approximate surface area is 103 Å². The molecule has 0 aliphatic rings. The number of nitrogens with one attached hydrogen (secondary N) is 1. The number of hydrogen-bond donors (Lipinski definition) is 1. The van der Waals surface area contributed by atoms with Crippen molar-refractivity contribution < 1.29 is 4.74 Å². The predicted molar refractivity (Wildman–Crippen MR) is 69.5 cm³/mol. The minimum absolute atomic E-state index is 0.705. The van der Waals surface area contributed by atoms with E-state index in [1.807, 2.05) is 0 Å². The maximum atomic E-state index is 5.63. The molecule has 1 rings (SSSR count). The van der Waals surface area contributed by atoms with Crippen LogP contribution in [-0.4, -0.2) is 19.5 Å². The second kappa shape index (κ2) is 6.77. The molecule has 0 saturated carbocycles. The molecule has 0 saturated heterocycles. The van der Waals surface area contributed by atoms with Crippen molar-refractivity contribution in [1.29, 1.82) is 0 Å². The Bertz CT molecular complexity index is 339. The van der Waals surface area contributed by atoms with Gasteiger partial charge in [0.2, 0.25) is 0 Å². The van der Waals surface area contributed by atoms with Gasteiger partial charge in [0.25, 0.3) is 0 Å². The minimum Gasteiger partial charge on any atom is -0.496 e. The summed E-state index contributed by atoms with van der Waals surface area (Å²) in [4.78, 5) is 0. The van der Waals surface area contributed by atoms with Crippen molar-refractivity contribution in [3.8, 4) is 5.75 Å². The number of benzene rings is 1. The van der Waals surface area contributed by atoms with Crippen molar-refractivity contribution >= 4 is 11.6 Å². The van der Waals surface area contributed by atoms with Gasteiger partial charge in [-0.25, -0.2) is 0 Å². The summed E-state index contributed by atoms with van der Waals surface area (Å²) in [6.45, 7) is 5.96. The molecule has 1 aromatic carbocycles. The molecule has 0 atom stereocenters. The summed E-state index contributed by atoms with van der Waals surface area (Å²) < 4.78 is 5.42. The highest BCUT2D eigenvalue weighted by molar-refractivity contribution is 6.17. The van der Waals surface area contributed by atoms with E-state index in [9.17, 15) is 0 Å². The summed E-state index contributed by atoms with van der Waals surface area (Å²) in [5.41, 5.74) is 3.68. The second-order valence-corrected chi connectivity index (χ2v) is 4.37. The fourth-order valence-corrected chi connectivity index (χ4v) is 2.01. The fraction of sp³-hybridized carbons (Fsp3) is 0.538. The van der Waals surface area contributed by atoms with Gasteiger partial charge < -0.3 is 10.1 Å². The number of rotatable bonds is 6. The first-order valence-electron chi connectivity index (χ1n) is 5.59. The number of aryl methyl sites for hydroxylation is 2. The Morgan fingerprint density at radius 3 is 2.69 bits per heavy atom. The van der Waals surface area contributed by atoms with E-state index < -0.39 is 0 Å². The molecule has 1 aromatic rings. The highest BCUT2D eigenvalue weighted by atomic mass is 35.5. The molecular weight excluding hydrogens is 222 g/mol. The molecule has 0 amide bonds. The summed E-state index contributed by atoms with van der Waals surface area (Å²) in [7, 11) is 1.72. The van der Waals surface area contributed by atoms with E-state index in [-0.39, 0.29) is 0 Å². The number of halogens is 1. The molecule has 3 heteroatoms. The summed E-state index contributed by atoms with van der Waals surface area (Å²) in [6, 6.07) is 4.31. The molecule has 0 heterocycles. The van der Waals surface area contributed by atoms with E-state index in [0.717, 1.165) is 25.3 Å². The van der Waals surface area contributed by atoms with Crippen molar-refractivity contribution in [3.63, 3.8) is 0 Å². The molecule has 16 heavy (non-hydrogen) atoms. The zero-order valence-corrected chi connectivity index (χ0v) is 11.0. The third kappa shape index (κ3) is 3.69. The quantitative estimate of drug-likeness (QED) is 0.611. The third-order valence-electron chi connectivity index (χ3n) is 2.50. The molecule has 0 aliphatic carbocycles. The zero-order valence-electron chi connectivity index (χ0n) is 10.3. The van der Waals surface area contributed by atoms with Gasteiger partial charge >= 0.3 is 0 Å². The molecule has 90 valence electrons. The van der Waals surface area contributed by atoms with Gasteiger partial charge in [-0.2, -0.15) is 0 Å². The Morgan fingerprint density at radius 1 is 1.31 bits per heavy atom. The molecule has 1 N–H and O–H groups in total. The smallest absolute Gasteiger partial charge is 0.126 e. The van der Waals surface area contributed by atoms with Gasteiger partial charge in [-0.3, -0.25) is 0 Å². The number of hydrogen-bond acceptors (Lipinski definition) is 2. The van der Waals surface area contributed by atoms with Crippen molar-refractivity contribution in [2.45, 2.75) is 26.8 Å². The van der Waals surface area contributed by atoms with Gasteiger partial charge in [0.05, 0.1) is 7.11 Å². The van der Waals surface area contributed by atoms with Crippen LogP contribution in [0.3, 0.4) is 0 Å². The van der Waals surface area contributed by atoms with Crippen LogP contribution >= 0.6 is 11.6 Å². The van der Waals surface area contributed by atoms with Crippen molar-refractivity contribution in [2.75, 3.05) is 19.5 Å². The molecule has 0 radical (unpaired) electrons. The van der Waals surface area contributed by atoms with Crippen LogP contribution in [0.2, 0.25) is 0 Å². The van der Waals surface area contributed by atoms with Crippen LogP contribution < -0.4 is 10.1 Å². The van der Waals surface area contributed by atoms with E-state index in [4.69, 9.17) is 16.3 Å². The Morgan fingerprint density at radius 2 is 2.06 bits per heavy atom. The third-order valence-corrected chi connectivity index (χ3v) is 2.77. The predicted octanol–water partition coefficient (Wildman–Crippen LogP) is 3.03. The summed E-state index contributed by atoms with van der Waals surface area (Å²) >= 11 is 5.63. The first-order chi connectivity index (χ1) is 7.69. The molecular formula is C13H20ClNO. The van der Waals surface area contributed by atoms with Crippen LogP contribution in [0.1, 0.15) is 23.1 Å². The molecule has 0 aromatic heterocycles. The number of methoxy groups -OCH3 is 1. The molecule has 0 aliphatic heterocycles. The molecule has 0 fully saturated rings. The standard InChI is InChI=1S/C13H20ClNO/c1-10-7-11(2)13(16-3)12(8-10)9-15-6-4-5-14/h7-8,15H,4-6,9H2,1-3H3. The molecule has 2 nitrogen and oxygen atoms in total. The summed E-state index contributed by atoms with van der Waals surface area (Å²) in [5, 5.41) is 3.37. The van der Waals surface area contributed by atoms with E-state index in [2.05, 4.69) is 31.3 Å². The van der Waals surface area contributed by atoms with Crippen molar-refractivity contribution in [2.24, 2.45) is 0 Å². The summed E-state index contributed by atoms with van der Waals surface area (Å²) in [5.74, 6) is 1.70. The highest BCUT2D eigenvalue weighted by Crippen LogP contribution is 2.24. The first-order valence-corrected chi connectivity index (χ1v) is 6.13. The Hall–Kier alpha value is -0.730. The van der Waals surface area contributed by atoms with Crippen LogP contribution in [0, 0.1) is 13.8 Å². The second-order valence-electron chi connectivity index (χ2n) is 3.99. The van der Waals surface area contributed by atoms with Crippen LogP contribution in [0.25, 0.3) is 0 Å². The lowest BCUT2D eigenvalue weighted by molar-refractivity contribution is 0.404. The molecule has 0 spiro atoms. The first kappa shape index (κ1) is 13.3. The number of ether oxygens (including phenoxy) is 1. The van der Waals surface area contributed by atoms with Crippen LogP contribution in [-0.2, 0) is 6.54 Å². The lowest BCUT2D eigenvalue weighted by Crippen LogP contribution is -2.16. The van der Waals surface area contributed by atoms with Crippen LogP contribution in [0.5, 0.6) is 5.75 Å². The Kier molecular flexibility index (Phi) is 5.64. The van der Waals surface area contributed by atoms with Crippen molar-refractivity contribution in [3.05, 3.63) is 28.8 Å². The van der Waals surface area contributed by atoms with Crippen LogP contribution in [0.15, 0.2) is 12.1 Å². The summed E-state index contributed by atoms with van der Waals surface area (Å²) in [6.07, 6.45) is 0.995. The highest BCUT2D eigenvalue weighted by Gasteiger charge is 2.06. The lowest BCUT2D eigenvalue weighted by atomic mass is 10.1. The minimum atomic E-state index is 0.705. The van der Waals surface area contributed by atoms with Gasteiger partial charge in [0.15, 0.2) is 0 Å². The lowest BCUT2D eigenvalue weighted by Gasteiger charge is -2.13. The Balaban J connectivity index is 2.69. The van der Waals surface area contributed by atoms with Gasteiger partial charge in [-0.1, -0.05) is 17.7 Å². The molecule has 0 bridgehead atoms. The van der Waals surface area contributed by atoms with E-state index >= 15 is 0 Å². The van der Waals surface area contributed by atoms with E-state index in [1.54, 1.807) is 7.11 Å². The maximum absolute atomic E-state index is 5.63. The topological polar surface area (TPSA) is 21.3 Å².